The molecule has 39 heavy (non-hydrogen) atoms. The van der Waals surface area contributed by atoms with Crippen LogP contribution in [0.25, 0.3) is 0 Å². The first-order valence-corrected chi connectivity index (χ1v) is 14.7. The number of rotatable bonds is 10. The number of anilines is 1. The van der Waals surface area contributed by atoms with E-state index < -0.39 is 0 Å². The molecule has 1 saturated heterocycles. The summed E-state index contributed by atoms with van der Waals surface area (Å²) in [5, 5.41) is 9.93. The first-order chi connectivity index (χ1) is 19.0. The molecule has 3 aromatic carbocycles. The van der Waals surface area contributed by atoms with Gasteiger partial charge < -0.3 is 19.5 Å². The lowest BCUT2D eigenvalue weighted by molar-refractivity contribution is 0.183. The summed E-state index contributed by atoms with van der Waals surface area (Å²) in [6, 6.07) is 21.4. The fourth-order valence-electron chi connectivity index (χ4n) is 6.16. The van der Waals surface area contributed by atoms with Gasteiger partial charge in [-0.2, -0.15) is 0 Å². The molecule has 0 saturated carbocycles. The lowest BCUT2D eigenvalue weighted by Gasteiger charge is -2.35. The molecule has 0 spiro atoms. The summed E-state index contributed by atoms with van der Waals surface area (Å²) < 4.78 is 11.7. The van der Waals surface area contributed by atoms with Gasteiger partial charge >= 0.3 is 0 Å². The third kappa shape index (κ3) is 6.88. The lowest BCUT2D eigenvalue weighted by Crippen LogP contribution is -2.33. The molecule has 0 amide bonds. The fraction of sp³-hybridized carbons (Fsp3) is 0.471. The third-order valence-electron chi connectivity index (χ3n) is 8.43. The van der Waals surface area contributed by atoms with Crippen LogP contribution in [0.2, 0.25) is 0 Å². The molecule has 5 rings (SSSR count). The number of phenolic OH excluding ortho intramolecular Hbond substituents is 1. The number of likely N-dealkylation sites (tertiary alicyclic amines) is 1. The largest absolute Gasteiger partial charge is 0.508 e. The van der Waals surface area contributed by atoms with Crippen LogP contribution >= 0.6 is 0 Å². The number of methoxy groups -OCH3 is 1. The Kier molecular flexibility index (Phi) is 8.98. The maximum Gasteiger partial charge on any atom is 0.120 e. The number of aromatic hydroxyl groups is 1. The van der Waals surface area contributed by atoms with E-state index in [1.807, 2.05) is 12.1 Å². The average molecular weight is 529 g/mol. The van der Waals surface area contributed by atoms with Crippen molar-refractivity contribution in [1.82, 2.24) is 4.90 Å². The van der Waals surface area contributed by atoms with Crippen molar-refractivity contribution in [3.8, 4) is 17.2 Å². The quantitative estimate of drug-likeness (QED) is 0.308. The summed E-state index contributed by atoms with van der Waals surface area (Å²) >= 11 is 0. The van der Waals surface area contributed by atoms with Gasteiger partial charge in [0.25, 0.3) is 0 Å². The van der Waals surface area contributed by atoms with Crippen molar-refractivity contribution in [2.45, 2.75) is 70.9 Å². The minimum Gasteiger partial charge on any atom is -0.508 e. The van der Waals surface area contributed by atoms with E-state index in [0.29, 0.717) is 17.7 Å². The van der Waals surface area contributed by atoms with E-state index in [0.717, 1.165) is 50.5 Å². The molecule has 208 valence electrons. The molecular weight excluding hydrogens is 484 g/mol. The SMILES string of the molecule is COc1ccc(C2CCc3cc(O)ccc3C2)c(N(Cc2ccc(OCCN3CCCCC3)cc2)C(C)C)c1. The first kappa shape index (κ1) is 27.4. The van der Waals surface area contributed by atoms with Crippen molar-refractivity contribution in [1.29, 1.82) is 0 Å². The summed E-state index contributed by atoms with van der Waals surface area (Å²) in [4.78, 5) is 5.01. The molecule has 1 aliphatic heterocycles. The Morgan fingerprint density at radius 3 is 2.44 bits per heavy atom. The lowest BCUT2D eigenvalue weighted by atomic mass is 9.79. The number of fused-ring (bicyclic) bond motifs is 1. The van der Waals surface area contributed by atoms with Crippen LogP contribution in [0, 0.1) is 0 Å². The standard InChI is InChI=1S/C34H44N2O3/c1-25(2)36(24-26-7-13-31(14-8-26)39-20-19-35-17-5-4-6-18-35)34-23-32(38-3)15-16-33(34)29-10-9-28-22-30(37)12-11-27(28)21-29/h7-8,11-16,22-23,25,29,37H,4-6,9-10,17-21,24H2,1-3H3. The molecular formula is C34H44N2O3. The van der Waals surface area contributed by atoms with Gasteiger partial charge in [0.05, 0.1) is 7.11 Å². The molecule has 1 atom stereocenters. The van der Waals surface area contributed by atoms with Gasteiger partial charge in [-0.15, -0.1) is 0 Å². The molecule has 1 aliphatic carbocycles. The molecule has 1 unspecified atom stereocenters. The average Bonchev–Trinajstić information content (AvgIpc) is 2.96. The Morgan fingerprint density at radius 1 is 0.923 bits per heavy atom. The van der Waals surface area contributed by atoms with Crippen LogP contribution in [0.15, 0.2) is 60.7 Å². The highest BCUT2D eigenvalue weighted by molar-refractivity contribution is 5.60. The van der Waals surface area contributed by atoms with Gasteiger partial charge in [-0.05, 0) is 118 Å². The van der Waals surface area contributed by atoms with E-state index in [-0.39, 0.29) is 0 Å². The minimum atomic E-state index is 0.323. The monoisotopic (exact) mass is 528 g/mol. The van der Waals surface area contributed by atoms with Crippen molar-refractivity contribution >= 4 is 5.69 Å². The maximum absolute atomic E-state index is 9.93. The smallest absolute Gasteiger partial charge is 0.120 e. The predicted octanol–water partition coefficient (Wildman–Crippen LogP) is 6.95. The second kappa shape index (κ2) is 12.8. The van der Waals surface area contributed by atoms with Crippen LogP contribution in [-0.2, 0) is 19.4 Å². The van der Waals surface area contributed by atoms with Gasteiger partial charge in [-0.1, -0.05) is 30.7 Å². The number of aryl methyl sites for hydroxylation is 1. The molecule has 1 heterocycles. The Morgan fingerprint density at radius 2 is 1.69 bits per heavy atom. The van der Waals surface area contributed by atoms with Gasteiger partial charge in [-0.3, -0.25) is 4.90 Å². The molecule has 2 aliphatic rings. The Bertz CT molecular complexity index is 1220. The number of hydrogen-bond donors (Lipinski definition) is 1. The Balaban J connectivity index is 1.30. The van der Waals surface area contributed by atoms with Gasteiger partial charge in [0.2, 0.25) is 0 Å². The van der Waals surface area contributed by atoms with Crippen molar-refractivity contribution in [3.05, 3.63) is 82.9 Å². The zero-order valence-electron chi connectivity index (χ0n) is 23.9. The highest BCUT2D eigenvalue weighted by Gasteiger charge is 2.26. The summed E-state index contributed by atoms with van der Waals surface area (Å²) in [7, 11) is 1.74. The van der Waals surface area contributed by atoms with Crippen LogP contribution in [0.1, 0.15) is 67.7 Å². The second-order valence-electron chi connectivity index (χ2n) is 11.4. The second-order valence-corrected chi connectivity index (χ2v) is 11.4. The maximum atomic E-state index is 9.93. The van der Waals surface area contributed by atoms with Crippen molar-refractivity contribution < 1.29 is 14.6 Å². The van der Waals surface area contributed by atoms with Gasteiger partial charge in [0.1, 0.15) is 23.9 Å². The molecule has 5 heteroatoms. The Hall–Kier alpha value is -3.18. The summed E-state index contributed by atoms with van der Waals surface area (Å²) in [5.74, 6) is 2.63. The summed E-state index contributed by atoms with van der Waals surface area (Å²) in [6.45, 7) is 9.51. The zero-order chi connectivity index (χ0) is 27.2. The fourth-order valence-corrected chi connectivity index (χ4v) is 6.16. The van der Waals surface area contributed by atoms with Gasteiger partial charge in [-0.25, -0.2) is 0 Å². The number of phenols is 1. The number of hydrogen-bond acceptors (Lipinski definition) is 5. The highest BCUT2D eigenvalue weighted by atomic mass is 16.5. The number of benzene rings is 3. The van der Waals surface area contributed by atoms with Crippen molar-refractivity contribution in [2.75, 3.05) is 38.3 Å². The molecule has 0 radical (unpaired) electrons. The van der Waals surface area contributed by atoms with Crippen molar-refractivity contribution in [2.24, 2.45) is 0 Å². The third-order valence-corrected chi connectivity index (χ3v) is 8.43. The van der Waals surface area contributed by atoms with E-state index in [1.54, 1.807) is 7.11 Å². The van der Waals surface area contributed by atoms with E-state index in [9.17, 15) is 5.11 Å². The predicted molar refractivity (Wildman–Crippen MR) is 159 cm³/mol. The van der Waals surface area contributed by atoms with Gasteiger partial charge in [0.15, 0.2) is 0 Å². The van der Waals surface area contributed by atoms with Crippen LogP contribution in [-0.4, -0.2) is 49.4 Å². The minimum absolute atomic E-state index is 0.323. The van der Waals surface area contributed by atoms with Crippen molar-refractivity contribution in [3.63, 3.8) is 0 Å². The van der Waals surface area contributed by atoms with Crippen LogP contribution in [0.3, 0.4) is 0 Å². The summed E-state index contributed by atoms with van der Waals surface area (Å²) in [5.41, 5.74) is 6.52. The van der Waals surface area contributed by atoms with Crippen LogP contribution in [0.4, 0.5) is 5.69 Å². The Labute approximate surface area is 234 Å². The van der Waals surface area contributed by atoms with E-state index in [1.165, 1.54) is 60.3 Å². The molecule has 3 aromatic rings. The molecule has 1 fully saturated rings. The normalized spacial score (nSPS) is 17.6. The topological polar surface area (TPSA) is 45.2 Å². The zero-order valence-corrected chi connectivity index (χ0v) is 23.9. The molecule has 0 bridgehead atoms. The van der Waals surface area contributed by atoms with Crippen LogP contribution in [0.5, 0.6) is 17.2 Å². The number of ether oxygens (including phenoxy) is 2. The molecule has 1 N–H and O–H groups in total. The number of piperidine rings is 1. The number of nitrogens with zero attached hydrogens (tertiary/aromatic N) is 2. The highest BCUT2D eigenvalue weighted by Crippen LogP contribution is 2.40. The summed E-state index contributed by atoms with van der Waals surface area (Å²) in [6.07, 6.45) is 7.04. The molecule has 0 aromatic heterocycles. The van der Waals surface area contributed by atoms with Gasteiger partial charge in [0, 0.05) is 30.9 Å². The first-order valence-electron chi connectivity index (χ1n) is 14.7. The van der Waals surface area contributed by atoms with E-state index in [2.05, 4.69) is 72.2 Å². The van der Waals surface area contributed by atoms with E-state index >= 15 is 0 Å². The van der Waals surface area contributed by atoms with E-state index in [4.69, 9.17) is 9.47 Å². The molecule has 5 nitrogen and oxygen atoms in total. The van der Waals surface area contributed by atoms with Crippen LogP contribution < -0.4 is 14.4 Å².